The zero-order valence-electron chi connectivity index (χ0n) is 9.45. The Labute approximate surface area is 92.1 Å². The van der Waals surface area contributed by atoms with Crippen LogP contribution in [0.2, 0.25) is 0 Å². The van der Waals surface area contributed by atoms with Crippen molar-refractivity contribution in [2.45, 2.75) is 31.7 Å². The minimum absolute atomic E-state index is 0.712. The highest BCUT2D eigenvalue weighted by Crippen LogP contribution is 2.42. The highest BCUT2D eigenvalue weighted by Gasteiger charge is 2.34. The molecule has 15 heavy (non-hydrogen) atoms. The predicted molar refractivity (Wildman–Crippen MR) is 62.9 cm³/mol. The molecular weight excluding hydrogens is 182 g/mol. The van der Waals surface area contributed by atoms with E-state index in [2.05, 4.69) is 36.2 Å². The summed E-state index contributed by atoms with van der Waals surface area (Å²) in [5.74, 6) is 0.915. The van der Waals surface area contributed by atoms with Gasteiger partial charge in [-0.05, 0) is 56.3 Å². The Balaban J connectivity index is 2.02. The Bertz CT molecular complexity index is 358. The fourth-order valence-electron chi connectivity index (χ4n) is 3.44. The molecule has 1 heterocycles. The highest BCUT2D eigenvalue weighted by molar-refractivity contribution is 5.33. The fourth-order valence-corrected chi connectivity index (χ4v) is 3.44. The number of benzene rings is 1. The molecule has 3 rings (SSSR count). The second-order valence-corrected chi connectivity index (χ2v) is 5.07. The molecule has 1 aromatic rings. The van der Waals surface area contributed by atoms with E-state index < -0.39 is 0 Å². The number of aryl methyl sites for hydroxylation is 1. The van der Waals surface area contributed by atoms with E-state index in [1.807, 2.05) is 0 Å². The van der Waals surface area contributed by atoms with Gasteiger partial charge in [-0.2, -0.15) is 0 Å². The second kappa shape index (κ2) is 3.64. The molecule has 1 aliphatic heterocycles. The van der Waals surface area contributed by atoms with Gasteiger partial charge in [0.25, 0.3) is 0 Å². The Morgan fingerprint density at radius 1 is 1.20 bits per heavy atom. The first-order chi connectivity index (χ1) is 7.36. The SMILES string of the molecule is CN1CCC[C@H]2CCc3ccccc3[C@H]21. The van der Waals surface area contributed by atoms with Crippen LogP contribution in [-0.2, 0) is 6.42 Å². The summed E-state index contributed by atoms with van der Waals surface area (Å²) in [6.45, 7) is 1.27. The lowest BCUT2D eigenvalue weighted by atomic mass is 9.75. The van der Waals surface area contributed by atoms with E-state index in [0.717, 1.165) is 5.92 Å². The largest absolute Gasteiger partial charge is 0.299 e. The van der Waals surface area contributed by atoms with Crippen LogP contribution in [0.4, 0.5) is 0 Å². The van der Waals surface area contributed by atoms with Crippen molar-refractivity contribution in [1.29, 1.82) is 0 Å². The van der Waals surface area contributed by atoms with Crippen molar-refractivity contribution in [2.24, 2.45) is 5.92 Å². The molecule has 1 saturated heterocycles. The maximum Gasteiger partial charge on any atom is 0.0376 e. The number of hydrogen-bond acceptors (Lipinski definition) is 1. The molecule has 0 aromatic heterocycles. The van der Waals surface area contributed by atoms with Crippen molar-refractivity contribution in [2.75, 3.05) is 13.6 Å². The minimum Gasteiger partial charge on any atom is -0.299 e. The van der Waals surface area contributed by atoms with Crippen molar-refractivity contribution in [3.63, 3.8) is 0 Å². The average Bonchev–Trinajstić information content (AvgIpc) is 2.29. The summed E-state index contributed by atoms with van der Waals surface area (Å²) in [5, 5.41) is 0. The summed E-state index contributed by atoms with van der Waals surface area (Å²) in [6, 6.07) is 9.75. The zero-order valence-corrected chi connectivity index (χ0v) is 9.45. The van der Waals surface area contributed by atoms with Gasteiger partial charge in [-0.25, -0.2) is 0 Å². The fraction of sp³-hybridized carbons (Fsp3) is 0.571. The van der Waals surface area contributed by atoms with E-state index in [1.165, 1.54) is 32.2 Å². The van der Waals surface area contributed by atoms with Crippen molar-refractivity contribution < 1.29 is 0 Å². The molecule has 2 atom stereocenters. The average molecular weight is 201 g/mol. The lowest BCUT2D eigenvalue weighted by molar-refractivity contribution is 0.106. The molecular formula is C14H19N. The van der Waals surface area contributed by atoms with Gasteiger partial charge in [0.2, 0.25) is 0 Å². The molecule has 0 N–H and O–H groups in total. The first-order valence-corrected chi connectivity index (χ1v) is 6.14. The quantitative estimate of drug-likeness (QED) is 0.623. The summed E-state index contributed by atoms with van der Waals surface area (Å²) in [4.78, 5) is 2.56. The molecule has 2 aliphatic rings. The lowest BCUT2D eigenvalue weighted by Gasteiger charge is -2.43. The Kier molecular flexibility index (Phi) is 2.28. The number of fused-ring (bicyclic) bond motifs is 3. The van der Waals surface area contributed by atoms with Gasteiger partial charge < -0.3 is 0 Å². The third kappa shape index (κ3) is 1.50. The molecule has 0 spiro atoms. The summed E-state index contributed by atoms with van der Waals surface area (Å²) in [5.41, 5.74) is 3.20. The van der Waals surface area contributed by atoms with Gasteiger partial charge in [0.1, 0.15) is 0 Å². The van der Waals surface area contributed by atoms with Crippen LogP contribution in [0.25, 0.3) is 0 Å². The van der Waals surface area contributed by atoms with Crippen molar-refractivity contribution in [3.8, 4) is 0 Å². The maximum atomic E-state index is 2.56. The van der Waals surface area contributed by atoms with Crippen LogP contribution < -0.4 is 0 Å². The van der Waals surface area contributed by atoms with E-state index >= 15 is 0 Å². The summed E-state index contributed by atoms with van der Waals surface area (Å²) >= 11 is 0. The Morgan fingerprint density at radius 2 is 2.07 bits per heavy atom. The van der Waals surface area contributed by atoms with Gasteiger partial charge in [-0.3, -0.25) is 4.90 Å². The van der Waals surface area contributed by atoms with E-state index in [1.54, 1.807) is 11.1 Å². The highest BCUT2D eigenvalue weighted by atomic mass is 15.1. The van der Waals surface area contributed by atoms with Gasteiger partial charge in [0.15, 0.2) is 0 Å². The Hall–Kier alpha value is -0.820. The normalized spacial score (nSPS) is 30.7. The molecule has 0 radical (unpaired) electrons. The van der Waals surface area contributed by atoms with E-state index in [0.29, 0.717) is 6.04 Å². The maximum absolute atomic E-state index is 2.56. The third-order valence-electron chi connectivity index (χ3n) is 4.17. The second-order valence-electron chi connectivity index (χ2n) is 5.07. The van der Waals surface area contributed by atoms with Gasteiger partial charge in [0, 0.05) is 6.04 Å². The molecule has 0 saturated carbocycles. The molecule has 80 valence electrons. The van der Waals surface area contributed by atoms with Gasteiger partial charge >= 0.3 is 0 Å². The summed E-state index contributed by atoms with van der Waals surface area (Å²) < 4.78 is 0. The number of likely N-dealkylation sites (tertiary alicyclic amines) is 1. The van der Waals surface area contributed by atoms with Crippen LogP contribution in [0.5, 0.6) is 0 Å². The van der Waals surface area contributed by atoms with Gasteiger partial charge in [-0.1, -0.05) is 24.3 Å². The molecule has 1 aliphatic carbocycles. The van der Waals surface area contributed by atoms with E-state index in [4.69, 9.17) is 0 Å². The predicted octanol–water partition coefficient (Wildman–Crippen LogP) is 3.02. The minimum atomic E-state index is 0.712. The Morgan fingerprint density at radius 3 is 3.00 bits per heavy atom. The molecule has 0 amide bonds. The number of nitrogens with zero attached hydrogens (tertiary/aromatic N) is 1. The zero-order chi connectivity index (χ0) is 10.3. The van der Waals surface area contributed by atoms with E-state index in [9.17, 15) is 0 Å². The molecule has 1 fully saturated rings. The van der Waals surface area contributed by atoms with Crippen LogP contribution in [0, 0.1) is 5.92 Å². The monoisotopic (exact) mass is 201 g/mol. The van der Waals surface area contributed by atoms with Crippen molar-refractivity contribution >= 4 is 0 Å². The van der Waals surface area contributed by atoms with Crippen LogP contribution in [0.1, 0.15) is 36.4 Å². The molecule has 0 bridgehead atoms. The van der Waals surface area contributed by atoms with Crippen molar-refractivity contribution in [1.82, 2.24) is 4.90 Å². The third-order valence-corrected chi connectivity index (χ3v) is 4.17. The first-order valence-electron chi connectivity index (χ1n) is 6.14. The van der Waals surface area contributed by atoms with Crippen LogP contribution in [-0.4, -0.2) is 18.5 Å². The summed E-state index contributed by atoms with van der Waals surface area (Å²) in [7, 11) is 2.29. The summed E-state index contributed by atoms with van der Waals surface area (Å²) in [6.07, 6.45) is 5.51. The molecule has 1 aromatic carbocycles. The topological polar surface area (TPSA) is 3.24 Å². The molecule has 0 unspecified atom stereocenters. The number of rotatable bonds is 0. The van der Waals surface area contributed by atoms with Crippen LogP contribution >= 0.6 is 0 Å². The first kappa shape index (κ1) is 9.41. The van der Waals surface area contributed by atoms with Crippen molar-refractivity contribution in [3.05, 3.63) is 35.4 Å². The van der Waals surface area contributed by atoms with Crippen LogP contribution in [0.15, 0.2) is 24.3 Å². The van der Waals surface area contributed by atoms with Gasteiger partial charge in [0.05, 0.1) is 0 Å². The molecule has 1 heteroatoms. The lowest BCUT2D eigenvalue weighted by Crippen LogP contribution is -2.38. The standard InChI is InChI=1S/C14H19N/c1-15-10-4-6-12-9-8-11-5-2-3-7-13(11)14(12)15/h2-3,5,7,12,14H,4,6,8-10H2,1H3/t12-,14-/m0/s1. The van der Waals surface area contributed by atoms with Gasteiger partial charge in [-0.15, -0.1) is 0 Å². The van der Waals surface area contributed by atoms with E-state index in [-0.39, 0.29) is 0 Å². The number of piperidine rings is 1. The van der Waals surface area contributed by atoms with Crippen LogP contribution in [0.3, 0.4) is 0 Å². The molecule has 1 nitrogen and oxygen atoms in total. The number of hydrogen-bond donors (Lipinski definition) is 0. The smallest absolute Gasteiger partial charge is 0.0376 e.